The number of aromatic nitrogens is 3. The molecule has 8 heteroatoms. The number of hydrogen-bond acceptors (Lipinski definition) is 6. The van der Waals surface area contributed by atoms with Crippen LogP contribution in [0.3, 0.4) is 0 Å². The van der Waals surface area contributed by atoms with Gasteiger partial charge in [0.1, 0.15) is 11.3 Å². The Morgan fingerprint density at radius 3 is 2.96 bits per heavy atom. The molecule has 142 valence electrons. The molecule has 0 aromatic carbocycles. The van der Waals surface area contributed by atoms with Gasteiger partial charge in [-0.1, -0.05) is 0 Å². The SMILES string of the molecule is Cc1cnc(C(=O)N2CC3(C2)OCC[C@H]3CCOc2ncccc2F)cn1. The zero-order valence-electron chi connectivity index (χ0n) is 15.1. The van der Waals surface area contributed by atoms with Gasteiger partial charge in [-0.15, -0.1) is 0 Å². The molecule has 0 unspecified atom stereocenters. The summed E-state index contributed by atoms with van der Waals surface area (Å²) in [5, 5.41) is 0. The predicted octanol–water partition coefficient (Wildman–Crippen LogP) is 2.02. The minimum Gasteiger partial charge on any atom is -0.476 e. The molecule has 2 aromatic heterocycles. The van der Waals surface area contributed by atoms with Crippen LogP contribution >= 0.6 is 0 Å². The van der Waals surface area contributed by atoms with E-state index in [1.165, 1.54) is 24.5 Å². The van der Waals surface area contributed by atoms with Crippen LogP contribution in [-0.2, 0) is 4.74 Å². The summed E-state index contributed by atoms with van der Waals surface area (Å²) in [6, 6.07) is 2.85. The molecule has 1 atom stereocenters. The molecular formula is C19H21FN4O3. The second-order valence-corrected chi connectivity index (χ2v) is 7.03. The molecule has 0 saturated carbocycles. The average molecular weight is 372 g/mol. The number of rotatable bonds is 5. The van der Waals surface area contributed by atoms with Crippen molar-refractivity contribution in [2.24, 2.45) is 5.92 Å². The van der Waals surface area contributed by atoms with Gasteiger partial charge >= 0.3 is 0 Å². The summed E-state index contributed by atoms with van der Waals surface area (Å²) in [5.74, 6) is -0.310. The first kappa shape index (κ1) is 17.8. The van der Waals surface area contributed by atoms with Crippen LogP contribution in [-0.4, -0.2) is 57.7 Å². The van der Waals surface area contributed by atoms with Crippen LogP contribution in [0.5, 0.6) is 5.88 Å². The van der Waals surface area contributed by atoms with Gasteiger partial charge in [0, 0.05) is 19.0 Å². The molecule has 0 N–H and O–H groups in total. The minimum atomic E-state index is -0.463. The van der Waals surface area contributed by atoms with E-state index in [1.807, 2.05) is 6.92 Å². The number of aryl methyl sites for hydroxylation is 1. The number of carbonyl (C=O) groups is 1. The third kappa shape index (κ3) is 3.49. The summed E-state index contributed by atoms with van der Waals surface area (Å²) in [7, 11) is 0. The first-order valence-corrected chi connectivity index (χ1v) is 9.03. The molecule has 4 heterocycles. The fourth-order valence-corrected chi connectivity index (χ4v) is 3.73. The van der Waals surface area contributed by atoms with Crippen molar-refractivity contribution in [1.82, 2.24) is 19.9 Å². The summed E-state index contributed by atoms with van der Waals surface area (Å²) in [4.78, 5) is 26.4. The van der Waals surface area contributed by atoms with Gasteiger partial charge < -0.3 is 14.4 Å². The van der Waals surface area contributed by atoms with E-state index in [9.17, 15) is 9.18 Å². The monoisotopic (exact) mass is 372 g/mol. The zero-order valence-corrected chi connectivity index (χ0v) is 15.1. The van der Waals surface area contributed by atoms with Crippen molar-refractivity contribution in [2.75, 3.05) is 26.3 Å². The zero-order chi connectivity index (χ0) is 18.9. The molecule has 7 nitrogen and oxygen atoms in total. The fourth-order valence-electron chi connectivity index (χ4n) is 3.73. The molecule has 0 bridgehead atoms. The second kappa shape index (κ2) is 7.19. The summed E-state index contributed by atoms with van der Waals surface area (Å²) < 4.78 is 25.0. The maximum Gasteiger partial charge on any atom is 0.274 e. The molecule has 0 radical (unpaired) electrons. The highest BCUT2D eigenvalue weighted by atomic mass is 19.1. The standard InChI is InChI=1S/C19H21FN4O3/c1-13-9-23-16(10-22-13)18(25)24-11-19(12-24)14(5-8-27-19)4-7-26-17-15(20)3-2-6-21-17/h2-3,6,9-10,14H,4-5,7-8,11-12H2,1H3/t14-/m1/s1. The Balaban J connectivity index is 1.32. The van der Waals surface area contributed by atoms with Crippen LogP contribution in [0.4, 0.5) is 4.39 Å². The van der Waals surface area contributed by atoms with Crippen LogP contribution in [0, 0.1) is 18.7 Å². The van der Waals surface area contributed by atoms with Crippen LogP contribution in [0.15, 0.2) is 30.7 Å². The fraction of sp³-hybridized carbons (Fsp3) is 0.474. The Labute approximate surface area is 156 Å². The number of nitrogens with zero attached hydrogens (tertiary/aromatic N) is 4. The summed E-state index contributed by atoms with van der Waals surface area (Å²) in [5.41, 5.74) is 0.786. The Morgan fingerprint density at radius 1 is 1.37 bits per heavy atom. The van der Waals surface area contributed by atoms with E-state index in [-0.39, 0.29) is 23.3 Å². The number of hydrogen-bond donors (Lipinski definition) is 0. The normalized spacial score (nSPS) is 20.5. The molecule has 1 spiro atoms. The van der Waals surface area contributed by atoms with E-state index >= 15 is 0 Å². The maximum absolute atomic E-state index is 13.6. The van der Waals surface area contributed by atoms with Crippen LogP contribution in [0.1, 0.15) is 29.0 Å². The van der Waals surface area contributed by atoms with Crippen LogP contribution < -0.4 is 4.74 Å². The Morgan fingerprint density at radius 2 is 2.22 bits per heavy atom. The summed E-state index contributed by atoms with van der Waals surface area (Å²) >= 11 is 0. The third-order valence-corrected chi connectivity index (χ3v) is 5.23. The molecule has 2 aliphatic rings. The van der Waals surface area contributed by atoms with Crippen molar-refractivity contribution >= 4 is 5.91 Å². The van der Waals surface area contributed by atoms with Crippen molar-refractivity contribution in [1.29, 1.82) is 0 Å². The largest absolute Gasteiger partial charge is 0.476 e. The van der Waals surface area contributed by atoms with Crippen molar-refractivity contribution in [3.63, 3.8) is 0 Å². The lowest BCUT2D eigenvalue weighted by Gasteiger charge is -2.50. The lowest BCUT2D eigenvalue weighted by atomic mass is 9.79. The smallest absolute Gasteiger partial charge is 0.274 e. The number of amides is 1. The lowest BCUT2D eigenvalue weighted by Crippen LogP contribution is -2.66. The van der Waals surface area contributed by atoms with Crippen molar-refractivity contribution < 1.29 is 18.7 Å². The quantitative estimate of drug-likeness (QED) is 0.799. The highest BCUT2D eigenvalue weighted by molar-refractivity contribution is 5.92. The molecule has 0 aliphatic carbocycles. The van der Waals surface area contributed by atoms with Gasteiger partial charge in [0.15, 0.2) is 5.82 Å². The number of likely N-dealkylation sites (tertiary alicyclic amines) is 1. The van der Waals surface area contributed by atoms with Gasteiger partial charge in [0.05, 0.1) is 31.6 Å². The topological polar surface area (TPSA) is 77.4 Å². The van der Waals surface area contributed by atoms with Gasteiger partial charge in [0.25, 0.3) is 5.91 Å². The number of carbonyl (C=O) groups excluding carboxylic acids is 1. The predicted molar refractivity (Wildman–Crippen MR) is 93.8 cm³/mol. The number of ether oxygens (including phenoxy) is 2. The molecule has 2 saturated heterocycles. The Kier molecular flexibility index (Phi) is 4.73. The Bertz CT molecular complexity index is 824. The van der Waals surface area contributed by atoms with Crippen molar-refractivity contribution in [3.05, 3.63) is 47.9 Å². The Hall–Kier alpha value is -2.61. The van der Waals surface area contributed by atoms with Crippen molar-refractivity contribution in [2.45, 2.75) is 25.4 Å². The van der Waals surface area contributed by atoms with Crippen molar-refractivity contribution in [3.8, 4) is 5.88 Å². The molecule has 1 amide bonds. The first-order chi connectivity index (χ1) is 13.1. The van der Waals surface area contributed by atoms with E-state index in [0.717, 1.165) is 18.5 Å². The molecule has 2 aromatic rings. The average Bonchev–Trinajstić information content (AvgIpc) is 3.06. The number of halogens is 1. The number of pyridine rings is 1. The molecule has 2 fully saturated rings. The van der Waals surface area contributed by atoms with E-state index < -0.39 is 5.82 Å². The van der Waals surface area contributed by atoms with Gasteiger partial charge in [-0.3, -0.25) is 9.78 Å². The van der Waals surface area contributed by atoms with Gasteiger partial charge in [-0.25, -0.2) is 14.4 Å². The van der Waals surface area contributed by atoms with Crippen LogP contribution in [0.2, 0.25) is 0 Å². The third-order valence-electron chi connectivity index (χ3n) is 5.23. The van der Waals surface area contributed by atoms with Crippen LogP contribution in [0.25, 0.3) is 0 Å². The van der Waals surface area contributed by atoms with E-state index in [1.54, 1.807) is 11.1 Å². The molecule has 4 rings (SSSR count). The first-order valence-electron chi connectivity index (χ1n) is 9.03. The van der Waals surface area contributed by atoms with Gasteiger partial charge in [-0.2, -0.15) is 0 Å². The highest BCUT2D eigenvalue weighted by Gasteiger charge is 2.54. The van der Waals surface area contributed by atoms with E-state index in [4.69, 9.17) is 9.47 Å². The second-order valence-electron chi connectivity index (χ2n) is 7.03. The van der Waals surface area contributed by atoms with E-state index in [0.29, 0.717) is 32.0 Å². The van der Waals surface area contributed by atoms with E-state index in [2.05, 4.69) is 15.0 Å². The molecule has 2 aliphatic heterocycles. The maximum atomic E-state index is 13.6. The van der Waals surface area contributed by atoms with Gasteiger partial charge in [0.2, 0.25) is 5.88 Å². The summed E-state index contributed by atoms with van der Waals surface area (Å²) in [6.45, 7) is 3.92. The molecule has 27 heavy (non-hydrogen) atoms. The minimum absolute atomic E-state index is 0.0221. The lowest BCUT2D eigenvalue weighted by molar-refractivity contribution is -0.119. The summed E-state index contributed by atoms with van der Waals surface area (Å²) in [6.07, 6.45) is 6.22. The molecular weight excluding hydrogens is 351 g/mol. The highest BCUT2D eigenvalue weighted by Crippen LogP contribution is 2.42. The van der Waals surface area contributed by atoms with Gasteiger partial charge in [-0.05, 0) is 37.8 Å².